The number of aliphatic carboxylic acids is 1. The van der Waals surface area contributed by atoms with E-state index in [2.05, 4.69) is 0 Å². The van der Waals surface area contributed by atoms with E-state index >= 15 is 0 Å². The summed E-state index contributed by atoms with van der Waals surface area (Å²) in [5.74, 6) is -0.383. The molecule has 0 fully saturated rings. The summed E-state index contributed by atoms with van der Waals surface area (Å²) < 4.78 is 11.2. The molecule has 0 saturated carbocycles. The Bertz CT molecular complexity index is 1010. The predicted octanol–water partition coefficient (Wildman–Crippen LogP) is 4.00. The van der Waals surface area contributed by atoms with Gasteiger partial charge in [0.05, 0.1) is 10.8 Å². The number of hydrogen-bond acceptors (Lipinski definition) is 4. The second-order valence-electron chi connectivity index (χ2n) is 6.72. The molecule has 5 heteroatoms. The van der Waals surface area contributed by atoms with Crippen molar-refractivity contribution in [2.45, 2.75) is 27.2 Å². The van der Waals surface area contributed by atoms with E-state index < -0.39 is 17.0 Å². The first-order valence-corrected chi connectivity index (χ1v) is 8.18. The Morgan fingerprint density at radius 2 is 1.84 bits per heavy atom. The fourth-order valence-corrected chi connectivity index (χ4v) is 2.68. The van der Waals surface area contributed by atoms with E-state index in [1.807, 2.05) is 25.1 Å². The summed E-state index contributed by atoms with van der Waals surface area (Å²) in [6.07, 6.45) is 0.715. The smallest absolute Gasteiger partial charge is 0.344 e. The van der Waals surface area contributed by atoms with Gasteiger partial charge >= 0.3 is 11.6 Å². The largest absolute Gasteiger partial charge is 0.492 e. The van der Waals surface area contributed by atoms with Gasteiger partial charge in [0.2, 0.25) is 0 Å². The Balaban J connectivity index is 2.13. The van der Waals surface area contributed by atoms with E-state index in [0.29, 0.717) is 23.1 Å². The van der Waals surface area contributed by atoms with Crippen molar-refractivity contribution in [3.63, 3.8) is 0 Å². The van der Waals surface area contributed by atoms with Crippen molar-refractivity contribution in [3.8, 4) is 5.75 Å². The second kappa shape index (κ2) is 6.24. The number of hydrogen-bond donors (Lipinski definition) is 1. The van der Waals surface area contributed by atoms with Gasteiger partial charge in [-0.15, -0.1) is 0 Å². The molecule has 0 amide bonds. The van der Waals surface area contributed by atoms with Crippen LogP contribution in [0.15, 0.2) is 45.6 Å². The number of carboxylic acid groups (broad SMARTS) is 1. The van der Waals surface area contributed by atoms with Gasteiger partial charge in [-0.3, -0.25) is 4.79 Å². The van der Waals surface area contributed by atoms with E-state index in [-0.39, 0.29) is 6.61 Å². The molecule has 0 atom stereocenters. The van der Waals surface area contributed by atoms with Crippen LogP contribution in [-0.2, 0) is 11.2 Å². The number of carbonyl (C=O) groups is 1. The highest BCUT2D eigenvalue weighted by Gasteiger charge is 2.28. The van der Waals surface area contributed by atoms with Crippen LogP contribution in [0.2, 0.25) is 0 Å². The molecule has 0 aliphatic carbocycles. The minimum Gasteiger partial charge on any atom is -0.492 e. The fourth-order valence-electron chi connectivity index (χ4n) is 2.68. The van der Waals surface area contributed by atoms with Gasteiger partial charge in [0, 0.05) is 11.5 Å². The van der Waals surface area contributed by atoms with Gasteiger partial charge in [0.15, 0.2) is 0 Å². The lowest BCUT2D eigenvalue weighted by Gasteiger charge is -2.21. The lowest BCUT2D eigenvalue weighted by Crippen LogP contribution is -2.30. The third-order valence-corrected chi connectivity index (χ3v) is 4.35. The minimum atomic E-state index is -1.01. The average Bonchev–Trinajstić information content (AvgIpc) is 2.59. The van der Waals surface area contributed by atoms with Crippen LogP contribution in [0.3, 0.4) is 0 Å². The van der Waals surface area contributed by atoms with Crippen molar-refractivity contribution in [3.05, 3.63) is 52.4 Å². The molecule has 0 aliphatic rings. The summed E-state index contributed by atoms with van der Waals surface area (Å²) >= 11 is 0. The SMILES string of the molecule is CCc1cc2c(cc1OCC(C)(C)C(=O)O)oc(=O)c1ccccc12. The van der Waals surface area contributed by atoms with Crippen molar-refractivity contribution in [2.24, 2.45) is 5.41 Å². The molecule has 0 saturated heterocycles. The maximum Gasteiger partial charge on any atom is 0.344 e. The standard InChI is InChI=1S/C20H20O5/c1-4-12-9-15-13-7-5-6-8-14(13)18(21)25-17(15)10-16(12)24-11-20(2,3)19(22)23/h5-10H,4,11H2,1-3H3,(H,22,23). The number of ether oxygens (including phenoxy) is 1. The molecule has 1 aromatic heterocycles. The summed E-state index contributed by atoms with van der Waals surface area (Å²) in [7, 11) is 0. The van der Waals surface area contributed by atoms with Crippen LogP contribution in [0, 0.1) is 5.41 Å². The molecule has 5 nitrogen and oxygen atoms in total. The highest BCUT2D eigenvalue weighted by atomic mass is 16.5. The van der Waals surface area contributed by atoms with Gasteiger partial charge in [-0.1, -0.05) is 25.1 Å². The number of aryl methyl sites for hydroxylation is 1. The van der Waals surface area contributed by atoms with Crippen LogP contribution in [0.5, 0.6) is 5.75 Å². The quantitative estimate of drug-likeness (QED) is 0.561. The van der Waals surface area contributed by atoms with Crippen LogP contribution >= 0.6 is 0 Å². The molecule has 0 unspecified atom stereocenters. The molecule has 3 aromatic rings. The summed E-state index contributed by atoms with van der Waals surface area (Å²) in [6.45, 7) is 5.24. The zero-order valence-electron chi connectivity index (χ0n) is 14.5. The number of rotatable bonds is 5. The minimum absolute atomic E-state index is 0.0264. The first-order chi connectivity index (χ1) is 11.8. The Labute approximate surface area is 144 Å². The normalized spacial score (nSPS) is 11.8. The predicted molar refractivity (Wildman–Crippen MR) is 96.3 cm³/mol. The van der Waals surface area contributed by atoms with E-state index in [0.717, 1.165) is 16.3 Å². The molecule has 2 aromatic carbocycles. The molecule has 25 heavy (non-hydrogen) atoms. The first kappa shape index (κ1) is 17.0. The zero-order valence-corrected chi connectivity index (χ0v) is 14.5. The van der Waals surface area contributed by atoms with Crippen LogP contribution in [0.1, 0.15) is 26.3 Å². The maximum absolute atomic E-state index is 12.2. The third kappa shape index (κ3) is 3.09. The van der Waals surface area contributed by atoms with Crippen LogP contribution in [-0.4, -0.2) is 17.7 Å². The first-order valence-electron chi connectivity index (χ1n) is 8.18. The third-order valence-electron chi connectivity index (χ3n) is 4.35. The Morgan fingerprint density at radius 3 is 2.48 bits per heavy atom. The zero-order chi connectivity index (χ0) is 18.2. The van der Waals surface area contributed by atoms with E-state index in [1.165, 1.54) is 0 Å². The highest BCUT2D eigenvalue weighted by molar-refractivity contribution is 6.04. The Kier molecular flexibility index (Phi) is 4.25. The molecule has 0 spiro atoms. The fraction of sp³-hybridized carbons (Fsp3) is 0.300. The van der Waals surface area contributed by atoms with E-state index in [1.54, 1.807) is 32.0 Å². The monoisotopic (exact) mass is 340 g/mol. The summed E-state index contributed by atoms with van der Waals surface area (Å²) in [5, 5.41) is 11.5. The van der Waals surface area contributed by atoms with Gasteiger partial charge in [-0.05, 0) is 43.4 Å². The van der Waals surface area contributed by atoms with E-state index in [9.17, 15) is 14.7 Å². The molecule has 0 radical (unpaired) electrons. The van der Waals surface area contributed by atoms with Crippen LogP contribution < -0.4 is 10.4 Å². The van der Waals surface area contributed by atoms with Crippen molar-refractivity contribution >= 4 is 27.7 Å². The topological polar surface area (TPSA) is 76.7 Å². The number of fused-ring (bicyclic) bond motifs is 3. The molecule has 0 aliphatic heterocycles. The average molecular weight is 340 g/mol. The van der Waals surface area contributed by atoms with Crippen molar-refractivity contribution in [1.29, 1.82) is 0 Å². The summed E-state index contributed by atoms with van der Waals surface area (Å²) in [5.41, 5.74) is -0.0367. The molecule has 1 N–H and O–H groups in total. The van der Waals surface area contributed by atoms with Gasteiger partial charge in [0.1, 0.15) is 17.9 Å². The number of carboxylic acids is 1. The lowest BCUT2D eigenvalue weighted by atomic mass is 9.95. The maximum atomic E-state index is 12.2. The Hall–Kier alpha value is -2.82. The second-order valence-corrected chi connectivity index (χ2v) is 6.72. The number of benzene rings is 2. The molecule has 3 rings (SSSR count). The Morgan fingerprint density at radius 1 is 1.16 bits per heavy atom. The summed E-state index contributed by atoms with van der Waals surface area (Å²) in [4.78, 5) is 23.4. The molecule has 130 valence electrons. The van der Waals surface area contributed by atoms with Crippen LogP contribution in [0.4, 0.5) is 0 Å². The molecule has 1 heterocycles. The summed E-state index contributed by atoms with van der Waals surface area (Å²) in [6, 6.07) is 10.9. The highest BCUT2D eigenvalue weighted by Crippen LogP contribution is 2.31. The van der Waals surface area contributed by atoms with Crippen molar-refractivity contribution < 1.29 is 19.1 Å². The molecule has 0 bridgehead atoms. The van der Waals surface area contributed by atoms with Crippen molar-refractivity contribution in [1.82, 2.24) is 0 Å². The van der Waals surface area contributed by atoms with Gasteiger partial charge < -0.3 is 14.3 Å². The van der Waals surface area contributed by atoms with Gasteiger partial charge in [-0.2, -0.15) is 0 Å². The lowest BCUT2D eigenvalue weighted by molar-refractivity contribution is -0.148. The van der Waals surface area contributed by atoms with Gasteiger partial charge in [0.25, 0.3) is 0 Å². The molecular weight excluding hydrogens is 320 g/mol. The molecular formula is C20H20O5. The van der Waals surface area contributed by atoms with Gasteiger partial charge in [-0.25, -0.2) is 4.79 Å². The van der Waals surface area contributed by atoms with Crippen molar-refractivity contribution in [2.75, 3.05) is 6.61 Å². The van der Waals surface area contributed by atoms with Crippen LogP contribution in [0.25, 0.3) is 21.7 Å². The van der Waals surface area contributed by atoms with E-state index in [4.69, 9.17) is 9.15 Å².